The van der Waals surface area contributed by atoms with Gasteiger partial charge in [-0.3, -0.25) is 4.57 Å². The molecular weight excluding hydrogens is 350 g/mol. The van der Waals surface area contributed by atoms with Crippen molar-refractivity contribution in [2.24, 2.45) is 0 Å². The first-order valence-corrected chi connectivity index (χ1v) is 11.2. The van der Waals surface area contributed by atoms with Gasteiger partial charge in [0, 0.05) is 31.8 Å². The van der Waals surface area contributed by atoms with Crippen LogP contribution in [-0.2, 0) is 4.74 Å². The lowest BCUT2D eigenvalue weighted by Crippen LogP contribution is -2.48. The predicted molar refractivity (Wildman–Crippen MR) is 112 cm³/mol. The quantitative estimate of drug-likeness (QED) is 0.847. The van der Waals surface area contributed by atoms with Gasteiger partial charge in [-0.25, -0.2) is 4.79 Å². The molecule has 152 valence electrons. The standard InChI is InChI=1S/C23H33N3O2/c1-17-4-5-20-21(16-17)26(22(27)24-20)19-8-13-25(14-9-19)18-6-11-23(12-7-18)10-2-3-15-28-23/h4-5,16,18-19H,2-3,6-15H2,1H3,(H,24,27)/t18-,23+. The van der Waals surface area contributed by atoms with E-state index in [1.807, 2.05) is 10.6 Å². The van der Waals surface area contributed by atoms with Crippen LogP contribution in [0.2, 0.25) is 0 Å². The second kappa shape index (κ2) is 7.34. The van der Waals surface area contributed by atoms with Gasteiger partial charge in [-0.15, -0.1) is 0 Å². The van der Waals surface area contributed by atoms with Crippen LogP contribution in [0.4, 0.5) is 0 Å². The third-order valence-corrected chi connectivity index (χ3v) is 7.56. The summed E-state index contributed by atoms with van der Waals surface area (Å²) in [6.45, 7) is 5.27. The van der Waals surface area contributed by atoms with Crippen LogP contribution >= 0.6 is 0 Å². The van der Waals surface area contributed by atoms with E-state index in [0.717, 1.165) is 43.6 Å². The zero-order valence-corrected chi connectivity index (χ0v) is 17.1. The molecule has 0 amide bonds. The lowest BCUT2D eigenvalue weighted by Gasteiger charge is -2.46. The van der Waals surface area contributed by atoms with E-state index in [1.54, 1.807) is 0 Å². The van der Waals surface area contributed by atoms with Crippen molar-refractivity contribution in [3.05, 3.63) is 34.2 Å². The summed E-state index contributed by atoms with van der Waals surface area (Å²) in [6, 6.07) is 7.26. The first kappa shape index (κ1) is 18.4. The summed E-state index contributed by atoms with van der Waals surface area (Å²) < 4.78 is 8.23. The molecule has 1 saturated carbocycles. The van der Waals surface area contributed by atoms with Gasteiger partial charge in [-0.05, 0) is 82.4 Å². The van der Waals surface area contributed by atoms with Crippen LogP contribution in [0.1, 0.15) is 69.4 Å². The molecule has 28 heavy (non-hydrogen) atoms. The van der Waals surface area contributed by atoms with Gasteiger partial charge in [-0.1, -0.05) is 6.07 Å². The molecule has 2 aliphatic heterocycles. The number of nitrogens with zero attached hydrogens (tertiary/aromatic N) is 2. The van der Waals surface area contributed by atoms with Crippen LogP contribution < -0.4 is 5.69 Å². The lowest BCUT2D eigenvalue weighted by molar-refractivity contribution is -0.110. The molecule has 3 fully saturated rings. The predicted octanol–water partition coefficient (Wildman–Crippen LogP) is 4.16. The van der Waals surface area contributed by atoms with E-state index >= 15 is 0 Å². The fraction of sp³-hybridized carbons (Fsp3) is 0.696. The molecule has 3 aliphatic rings. The Morgan fingerprint density at radius 2 is 1.82 bits per heavy atom. The molecule has 0 radical (unpaired) electrons. The highest BCUT2D eigenvalue weighted by Gasteiger charge is 2.39. The molecule has 2 aromatic rings. The van der Waals surface area contributed by atoms with E-state index < -0.39 is 0 Å². The number of rotatable bonds is 2. The maximum absolute atomic E-state index is 12.6. The second-order valence-corrected chi connectivity index (χ2v) is 9.31. The summed E-state index contributed by atoms with van der Waals surface area (Å²) in [5.74, 6) is 0. The van der Waals surface area contributed by atoms with Crippen molar-refractivity contribution in [2.75, 3.05) is 19.7 Å². The van der Waals surface area contributed by atoms with E-state index in [-0.39, 0.29) is 11.3 Å². The highest BCUT2D eigenvalue weighted by atomic mass is 16.5. The fourth-order valence-corrected chi connectivity index (χ4v) is 5.90. The van der Waals surface area contributed by atoms with Crippen molar-refractivity contribution in [2.45, 2.75) is 82.4 Å². The number of ether oxygens (including phenoxy) is 1. The largest absolute Gasteiger partial charge is 0.375 e. The summed E-state index contributed by atoms with van der Waals surface area (Å²) in [5.41, 5.74) is 3.50. The summed E-state index contributed by atoms with van der Waals surface area (Å²) in [7, 11) is 0. The number of likely N-dealkylation sites (tertiary alicyclic amines) is 1. The van der Waals surface area contributed by atoms with Crippen molar-refractivity contribution in [1.29, 1.82) is 0 Å². The van der Waals surface area contributed by atoms with Gasteiger partial charge in [0.15, 0.2) is 0 Å². The van der Waals surface area contributed by atoms with Crippen LogP contribution in [0.3, 0.4) is 0 Å². The van der Waals surface area contributed by atoms with Crippen LogP contribution in [-0.4, -0.2) is 45.8 Å². The number of benzene rings is 1. The number of hydrogen-bond acceptors (Lipinski definition) is 3. The van der Waals surface area contributed by atoms with Gasteiger partial charge in [-0.2, -0.15) is 0 Å². The molecule has 1 aromatic heterocycles. The molecule has 5 rings (SSSR count). The van der Waals surface area contributed by atoms with E-state index in [2.05, 4.69) is 28.9 Å². The van der Waals surface area contributed by atoms with Gasteiger partial charge in [0.2, 0.25) is 0 Å². The Hall–Kier alpha value is -1.59. The maximum atomic E-state index is 12.6. The van der Waals surface area contributed by atoms with Gasteiger partial charge < -0.3 is 14.6 Å². The van der Waals surface area contributed by atoms with Gasteiger partial charge >= 0.3 is 5.69 Å². The smallest absolute Gasteiger partial charge is 0.326 e. The third kappa shape index (κ3) is 3.33. The zero-order chi connectivity index (χ0) is 19.1. The van der Waals surface area contributed by atoms with Gasteiger partial charge in [0.1, 0.15) is 0 Å². The molecule has 0 atom stereocenters. The maximum Gasteiger partial charge on any atom is 0.326 e. The number of imidazole rings is 1. The number of nitrogens with one attached hydrogen (secondary N) is 1. The Morgan fingerprint density at radius 1 is 1.04 bits per heavy atom. The Kier molecular flexibility index (Phi) is 4.84. The summed E-state index contributed by atoms with van der Waals surface area (Å²) in [4.78, 5) is 18.3. The average Bonchev–Trinajstić information content (AvgIpc) is 3.04. The molecule has 2 saturated heterocycles. The first-order valence-electron chi connectivity index (χ1n) is 11.2. The van der Waals surface area contributed by atoms with Crippen molar-refractivity contribution in [3.63, 3.8) is 0 Å². The van der Waals surface area contributed by atoms with Crippen LogP contribution in [0, 0.1) is 6.92 Å². The van der Waals surface area contributed by atoms with Gasteiger partial charge in [0.05, 0.1) is 16.6 Å². The van der Waals surface area contributed by atoms with Crippen molar-refractivity contribution in [1.82, 2.24) is 14.5 Å². The summed E-state index contributed by atoms with van der Waals surface area (Å²) in [6.07, 6.45) is 11.0. The monoisotopic (exact) mass is 383 g/mol. The Bertz CT molecular complexity index is 875. The normalized spacial score (nSPS) is 30.2. The first-order chi connectivity index (χ1) is 13.6. The number of H-pyrrole nitrogens is 1. The number of aromatic nitrogens is 2. The molecule has 5 heteroatoms. The zero-order valence-electron chi connectivity index (χ0n) is 17.1. The van der Waals surface area contributed by atoms with E-state index in [9.17, 15) is 4.79 Å². The Balaban J connectivity index is 1.23. The number of aromatic amines is 1. The fourth-order valence-electron chi connectivity index (χ4n) is 5.90. The number of hydrogen-bond donors (Lipinski definition) is 1. The Labute approximate surface area is 167 Å². The lowest BCUT2D eigenvalue weighted by atomic mass is 9.77. The molecule has 0 unspecified atom stereocenters. The van der Waals surface area contributed by atoms with Crippen LogP contribution in [0.5, 0.6) is 0 Å². The molecule has 1 aliphatic carbocycles. The summed E-state index contributed by atoms with van der Waals surface area (Å²) >= 11 is 0. The Morgan fingerprint density at radius 3 is 2.54 bits per heavy atom. The molecule has 1 spiro atoms. The van der Waals surface area contributed by atoms with E-state index in [0.29, 0.717) is 12.1 Å². The number of fused-ring (bicyclic) bond motifs is 1. The number of piperidine rings is 1. The van der Waals surface area contributed by atoms with Crippen molar-refractivity contribution >= 4 is 11.0 Å². The minimum atomic E-state index is 0.0492. The number of aryl methyl sites for hydroxylation is 1. The molecular formula is C23H33N3O2. The second-order valence-electron chi connectivity index (χ2n) is 9.31. The van der Waals surface area contributed by atoms with Crippen molar-refractivity contribution < 1.29 is 4.74 Å². The molecule has 3 heterocycles. The van der Waals surface area contributed by atoms with Crippen molar-refractivity contribution in [3.8, 4) is 0 Å². The van der Waals surface area contributed by atoms with E-state index in [1.165, 1.54) is 50.5 Å². The van der Waals surface area contributed by atoms with Gasteiger partial charge in [0.25, 0.3) is 0 Å². The minimum absolute atomic E-state index is 0.0492. The molecule has 1 aromatic carbocycles. The minimum Gasteiger partial charge on any atom is -0.375 e. The topological polar surface area (TPSA) is 50.3 Å². The highest BCUT2D eigenvalue weighted by Crippen LogP contribution is 2.40. The van der Waals surface area contributed by atoms with Crippen LogP contribution in [0.15, 0.2) is 23.0 Å². The molecule has 5 nitrogen and oxygen atoms in total. The molecule has 0 bridgehead atoms. The highest BCUT2D eigenvalue weighted by molar-refractivity contribution is 5.76. The third-order valence-electron chi connectivity index (χ3n) is 7.56. The van der Waals surface area contributed by atoms with Crippen LogP contribution in [0.25, 0.3) is 11.0 Å². The average molecular weight is 384 g/mol. The SMILES string of the molecule is Cc1ccc2[nH]c(=O)n(C3CCN([C@H]4CC[C@]5(CCCCO5)CC4)CC3)c2c1. The molecule has 1 N–H and O–H groups in total. The summed E-state index contributed by atoms with van der Waals surface area (Å²) in [5, 5.41) is 0. The van der Waals surface area contributed by atoms with E-state index in [4.69, 9.17) is 4.74 Å².